The van der Waals surface area contributed by atoms with Gasteiger partial charge in [0.25, 0.3) is 0 Å². The third kappa shape index (κ3) is 4.54. The number of ether oxygens (including phenoxy) is 2. The average Bonchev–Trinajstić information content (AvgIpc) is 3.27. The van der Waals surface area contributed by atoms with Crippen molar-refractivity contribution in [2.45, 2.75) is 124 Å². The number of fused-ring (bicyclic) bond motifs is 7. The Morgan fingerprint density at radius 1 is 1.18 bits per heavy atom. The third-order valence-corrected chi connectivity index (χ3v) is 11.8. The zero-order valence-electron chi connectivity index (χ0n) is 25.0. The SMILES string of the molecule is CCC(=O)OC1CC[C@]2(C)C(=CCC3C4C[C@@]5(C)OC(CCC(C)CNC(C)=O)=C(C)C5[C@]4(C)CCC32)C1. The lowest BCUT2D eigenvalue weighted by Crippen LogP contribution is -2.50. The number of hydrogen-bond acceptors (Lipinski definition) is 4. The molecule has 0 aromatic rings. The van der Waals surface area contributed by atoms with Crippen molar-refractivity contribution in [1.29, 1.82) is 0 Å². The van der Waals surface area contributed by atoms with E-state index in [1.807, 2.05) is 6.92 Å². The first-order chi connectivity index (χ1) is 17.9. The standard InChI is InChI=1S/C33H51NO4/c1-8-29(36)37-24-13-15-31(5)23(17-24)10-11-25-26(31)14-16-32(6)27(25)18-33(7)30(32)21(3)28(38-33)12-9-20(2)19-34-22(4)35/h10,20,24-27,30H,8-9,11-19H2,1-7H3,(H,34,35)/t20?,24?,25?,26?,27?,30?,31-,32-,33-/m1/s1. The van der Waals surface area contributed by atoms with Gasteiger partial charge in [-0.05, 0) is 98.9 Å². The Labute approximate surface area is 230 Å². The van der Waals surface area contributed by atoms with Gasteiger partial charge in [0.15, 0.2) is 0 Å². The number of carbonyl (C=O) groups is 2. The number of allylic oxidation sites excluding steroid dienone is 2. The lowest BCUT2D eigenvalue weighted by molar-refractivity contribution is -0.151. The smallest absolute Gasteiger partial charge is 0.305 e. The molecular formula is C33H51NO4. The molecule has 6 unspecified atom stereocenters. The van der Waals surface area contributed by atoms with Gasteiger partial charge in [0.1, 0.15) is 11.7 Å². The fourth-order valence-electron chi connectivity index (χ4n) is 9.96. The van der Waals surface area contributed by atoms with Crippen LogP contribution in [-0.4, -0.2) is 30.1 Å². The van der Waals surface area contributed by atoms with E-state index in [4.69, 9.17) is 9.47 Å². The minimum absolute atomic E-state index is 0.0486. The van der Waals surface area contributed by atoms with E-state index in [9.17, 15) is 9.59 Å². The predicted octanol–water partition coefficient (Wildman–Crippen LogP) is 7.11. The minimum atomic E-state index is -0.0918. The highest BCUT2D eigenvalue weighted by Crippen LogP contribution is 2.71. The molecule has 0 aromatic carbocycles. The molecule has 9 atom stereocenters. The van der Waals surface area contributed by atoms with Gasteiger partial charge < -0.3 is 14.8 Å². The number of rotatable bonds is 7. The van der Waals surface area contributed by atoms with Gasteiger partial charge in [-0.2, -0.15) is 0 Å². The van der Waals surface area contributed by atoms with E-state index in [-0.39, 0.29) is 29.0 Å². The zero-order valence-corrected chi connectivity index (χ0v) is 25.0. The van der Waals surface area contributed by atoms with Crippen molar-refractivity contribution in [1.82, 2.24) is 5.32 Å². The van der Waals surface area contributed by atoms with Crippen LogP contribution in [0.1, 0.15) is 113 Å². The second kappa shape index (κ2) is 10.0. The van der Waals surface area contributed by atoms with Crippen LogP contribution in [0, 0.1) is 40.4 Å². The van der Waals surface area contributed by atoms with Gasteiger partial charge in [0.2, 0.25) is 5.91 Å². The van der Waals surface area contributed by atoms with Crippen LogP contribution in [0.3, 0.4) is 0 Å². The van der Waals surface area contributed by atoms with E-state index in [1.165, 1.54) is 30.6 Å². The molecule has 0 radical (unpaired) electrons. The first-order valence-electron chi connectivity index (χ1n) is 15.4. The molecule has 5 rings (SSSR count). The van der Waals surface area contributed by atoms with Crippen LogP contribution in [0.25, 0.3) is 0 Å². The van der Waals surface area contributed by atoms with E-state index in [0.29, 0.717) is 29.6 Å². The van der Waals surface area contributed by atoms with Gasteiger partial charge in [-0.1, -0.05) is 39.3 Å². The molecule has 1 heterocycles. The van der Waals surface area contributed by atoms with Crippen molar-refractivity contribution in [2.24, 2.45) is 40.4 Å². The van der Waals surface area contributed by atoms with E-state index >= 15 is 0 Å². The summed E-state index contributed by atoms with van der Waals surface area (Å²) in [6, 6.07) is 0. The number of amides is 1. The lowest BCUT2D eigenvalue weighted by Gasteiger charge is -2.58. The zero-order chi connectivity index (χ0) is 27.5. The number of hydrogen-bond donors (Lipinski definition) is 1. The molecule has 5 heteroatoms. The molecule has 5 nitrogen and oxygen atoms in total. The van der Waals surface area contributed by atoms with E-state index < -0.39 is 0 Å². The summed E-state index contributed by atoms with van der Waals surface area (Å²) < 4.78 is 12.7. The maximum Gasteiger partial charge on any atom is 0.305 e. The average molecular weight is 526 g/mol. The Bertz CT molecular complexity index is 1030. The number of esters is 1. The van der Waals surface area contributed by atoms with Crippen molar-refractivity contribution < 1.29 is 19.1 Å². The van der Waals surface area contributed by atoms with Crippen molar-refractivity contribution in [3.63, 3.8) is 0 Å². The number of carbonyl (C=O) groups excluding carboxylic acids is 2. The molecule has 3 saturated carbocycles. The van der Waals surface area contributed by atoms with Crippen LogP contribution in [0.15, 0.2) is 23.0 Å². The van der Waals surface area contributed by atoms with Crippen molar-refractivity contribution >= 4 is 11.9 Å². The van der Waals surface area contributed by atoms with Crippen LogP contribution >= 0.6 is 0 Å². The molecule has 212 valence electrons. The third-order valence-electron chi connectivity index (χ3n) is 11.8. The molecule has 1 aliphatic heterocycles. The fraction of sp³-hybridized carbons (Fsp3) is 0.818. The highest BCUT2D eigenvalue weighted by molar-refractivity contribution is 5.72. The predicted molar refractivity (Wildman–Crippen MR) is 150 cm³/mol. The molecule has 0 aromatic heterocycles. The van der Waals surface area contributed by atoms with Crippen LogP contribution in [-0.2, 0) is 19.1 Å². The van der Waals surface area contributed by atoms with Crippen LogP contribution in [0.2, 0.25) is 0 Å². The van der Waals surface area contributed by atoms with Crippen molar-refractivity contribution in [3.05, 3.63) is 23.0 Å². The summed E-state index contributed by atoms with van der Waals surface area (Å²) in [7, 11) is 0. The molecule has 5 aliphatic rings. The van der Waals surface area contributed by atoms with Gasteiger partial charge in [0, 0.05) is 38.6 Å². The monoisotopic (exact) mass is 525 g/mol. The normalized spacial score (nSPS) is 42.2. The molecular weight excluding hydrogens is 474 g/mol. The van der Waals surface area contributed by atoms with Gasteiger partial charge in [-0.15, -0.1) is 0 Å². The van der Waals surface area contributed by atoms with Gasteiger partial charge >= 0.3 is 5.97 Å². The van der Waals surface area contributed by atoms with E-state index in [1.54, 1.807) is 12.5 Å². The van der Waals surface area contributed by atoms with Crippen molar-refractivity contribution in [3.8, 4) is 0 Å². The molecule has 3 fully saturated rings. The highest BCUT2D eigenvalue weighted by atomic mass is 16.5. The van der Waals surface area contributed by atoms with Gasteiger partial charge in [-0.25, -0.2) is 0 Å². The topological polar surface area (TPSA) is 64.6 Å². The Morgan fingerprint density at radius 2 is 1.95 bits per heavy atom. The minimum Gasteiger partial charge on any atom is -0.491 e. The fourth-order valence-corrected chi connectivity index (χ4v) is 9.96. The summed E-state index contributed by atoms with van der Waals surface area (Å²) in [5, 5.41) is 2.96. The summed E-state index contributed by atoms with van der Waals surface area (Å²) >= 11 is 0. The summed E-state index contributed by atoms with van der Waals surface area (Å²) in [6.45, 7) is 16.3. The lowest BCUT2D eigenvalue weighted by atomic mass is 9.47. The maximum atomic E-state index is 11.9. The van der Waals surface area contributed by atoms with Crippen molar-refractivity contribution in [2.75, 3.05) is 6.54 Å². The van der Waals surface area contributed by atoms with Crippen LogP contribution in [0.5, 0.6) is 0 Å². The maximum absolute atomic E-state index is 11.9. The highest BCUT2D eigenvalue weighted by Gasteiger charge is 2.67. The quantitative estimate of drug-likeness (QED) is 0.284. The molecule has 4 aliphatic carbocycles. The number of nitrogens with one attached hydrogen (secondary N) is 1. The Morgan fingerprint density at radius 3 is 2.66 bits per heavy atom. The molecule has 0 spiro atoms. The first-order valence-corrected chi connectivity index (χ1v) is 15.4. The molecule has 1 N–H and O–H groups in total. The van der Waals surface area contributed by atoms with Crippen LogP contribution in [0.4, 0.5) is 0 Å². The largest absolute Gasteiger partial charge is 0.491 e. The Hall–Kier alpha value is -1.78. The van der Waals surface area contributed by atoms with Crippen LogP contribution < -0.4 is 5.32 Å². The van der Waals surface area contributed by atoms with E-state index in [2.05, 4.69) is 46.0 Å². The van der Waals surface area contributed by atoms with E-state index in [0.717, 1.165) is 56.9 Å². The molecule has 1 amide bonds. The Balaban J connectivity index is 1.31. The first kappa shape index (κ1) is 27.8. The second-order valence-corrected chi connectivity index (χ2v) is 14.3. The molecule has 0 saturated heterocycles. The summed E-state index contributed by atoms with van der Waals surface area (Å²) in [5.74, 6) is 4.30. The van der Waals surface area contributed by atoms with Gasteiger partial charge in [0.05, 0.1) is 5.76 Å². The Kier molecular flexibility index (Phi) is 7.31. The van der Waals surface area contributed by atoms with Gasteiger partial charge in [-0.3, -0.25) is 9.59 Å². The molecule has 0 bridgehead atoms. The summed E-state index contributed by atoms with van der Waals surface area (Å²) in [6.07, 6.45) is 13.1. The summed E-state index contributed by atoms with van der Waals surface area (Å²) in [4.78, 5) is 23.2. The molecule has 38 heavy (non-hydrogen) atoms. The summed E-state index contributed by atoms with van der Waals surface area (Å²) in [5.41, 5.74) is 3.51. The second-order valence-electron chi connectivity index (χ2n) is 14.3.